The first-order valence-electron chi connectivity index (χ1n) is 8.42. The van der Waals surface area contributed by atoms with E-state index < -0.39 is 28.4 Å². The number of nitrogens with zero attached hydrogens (tertiary/aromatic N) is 1. The van der Waals surface area contributed by atoms with E-state index >= 15 is 0 Å². The molecule has 1 aliphatic rings. The number of para-hydroxylation sites is 1. The SMILES string of the molecule is O=C(COc1ccccc1F)Nc1ccc(Cl)c(S(=O)(=O)N2CCOCC2)c1. The Labute approximate surface area is 167 Å². The monoisotopic (exact) mass is 428 g/mol. The first-order valence-corrected chi connectivity index (χ1v) is 10.2. The van der Waals surface area contributed by atoms with Crippen molar-refractivity contribution in [1.82, 2.24) is 4.31 Å². The lowest BCUT2D eigenvalue weighted by Crippen LogP contribution is -2.40. The van der Waals surface area contributed by atoms with E-state index in [-0.39, 0.29) is 34.4 Å². The van der Waals surface area contributed by atoms with Gasteiger partial charge < -0.3 is 14.8 Å². The van der Waals surface area contributed by atoms with Gasteiger partial charge in [0.25, 0.3) is 5.91 Å². The van der Waals surface area contributed by atoms with Crippen LogP contribution in [0.15, 0.2) is 47.4 Å². The molecule has 28 heavy (non-hydrogen) atoms. The average molecular weight is 429 g/mol. The summed E-state index contributed by atoms with van der Waals surface area (Å²) in [4.78, 5) is 12.0. The number of carbonyl (C=O) groups is 1. The van der Waals surface area contributed by atoms with Crippen LogP contribution >= 0.6 is 11.6 Å². The number of hydrogen-bond donors (Lipinski definition) is 1. The van der Waals surface area contributed by atoms with E-state index in [1.165, 1.54) is 40.7 Å². The van der Waals surface area contributed by atoms with Crippen molar-refractivity contribution in [1.29, 1.82) is 0 Å². The van der Waals surface area contributed by atoms with Crippen LogP contribution in [0.25, 0.3) is 0 Å². The molecule has 0 aromatic heterocycles. The second kappa shape index (κ2) is 8.87. The second-order valence-corrected chi connectivity index (χ2v) is 8.24. The molecule has 1 N–H and O–H groups in total. The number of nitrogens with one attached hydrogen (secondary N) is 1. The minimum atomic E-state index is -3.82. The van der Waals surface area contributed by atoms with Crippen molar-refractivity contribution in [2.75, 3.05) is 38.2 Å². The average Bonchev–Trinajstić information content (AvgIpc) is 2.69. The van der Waals surface area contributed by atoms with Crippen LogP contribution in [0.4, 0.5) is 10.1 Å². The number of rotatable bonds is 6. The van der Waals surface area contributed by atoms with Crippen molar-refractivity contribution in [2.45, 2.75) is 4.90 Å². The molecule has 0 saturated carbocycles. The summed E-state index contributed by atoms with van der Waals surface area (Å²) in [6.07, 6.45) is 0. The van der Waals surface area contributed by atoms with E-state index in [9.17, 15) is 17.6 Å². The summed E-state index contributed by atoms with van der Waals surface area (Å²) < 4.78 is 50.7. The number of carbonyl (C=O) groups excluding carboxylic acids is 1. The summed E-state index contributed by atoms with van der Waals surface area (Å²) in [5.74, 6) is -1.20. The molecule has 0 aliphatic carbocycles. The van der Waals surface area contributed by atoms with Crippen LogP contribution in [-0.2, 0) is 19.6 Å². The van der Waals surface area contributed by atoms with Crippen molar-refractivity contribution < 1.29 is 27.1 Å². The van der Waals surface area contributed by atoms with E-state index in [2.05, 4.69) is 5.32 Å². The number of amides is 1. The van der Waals surface area contributed by atoms with Gasteiger partial charge in [-0.2, -0.15) is 4.31 Å². The largest absolute Gasteiger partial charge is 0.481 e. The topological polar surface area (TPSA) is 84.9 Å². The molecule has 1 saturated heterocycles. The molecular formula is C18H18ClFN2O5S. The third-order valence-electron chi connectivity index (χ3n) is 4.00. The van der Waals surface area contributed by atoms with E-state index in [0.717, 1.165) is 0 Å². The van der Waals surface area contributed by atoms with Crippen LogP contribution in [0, 0.1) is 5.82 Å². The molecule has 0 atom stereocenters. The maximum absolute atomic E-state index is 13.5. The molecule has 7 nitrogen and oxygen atoms in total. The number of hydrogen-bond acceptors (Lipinski definition) is 5. The Hall–Kier alpha value is -2.20. The Morgan fingerprint density at radius 3 is 2.64 bits per heavy atom. The quantitative estimate of drug-likeness (QED) is 0.764. The van der Waals surface area contributed by atoms with Gasteiger partial charge in [-0.05, 0) is 30.3 Å². The molecule has 1 heterocycles. The van der Waals surface area contributed by atoms with Crippen LogP contribution in [0.3, 0.4) is 0 Å². The Balaban J connectivity index is 1.70. The molecule has 0 spiro atoms. The summed E-state index contributed by atoms with van der Waals surface area (Å²) in [5, 5.41) is 2.57. The van der Waals surface area contributed by atoms with Crippen molar-refractivity contribution in [3.8, 4) is 5.75 Å². The summed E-state index contributed by atoms with van der Waals surface area (Å²) in [7, 11) is -3.82. The number of ether oxygens (including phenoxy) is 2. The summed E-state index contributed by atoms with van der Waals surface area (Å²) >= 11 is 6.08. The molecule has 1 fully saturated rings. The molecule has 10 heteroatoms. The lowest BCUT2D eigenvalue weighted by molar-refractivity contribution is -0.118. The van der Waals surface area contributed by atoms with Gasteiger partial charge in [0, 0.05) is 18.8 Å². The normalized spacial score (nSPS) is 15.2. The molecule has 1 aliphatic heterocycles. The highest BCUT2D eigenvalue weighted by molar-refractivity contribution is 7.89. The minimum Gasteiger partial charge on any atom is -0.481 e. The molecule has 0 radical (unpaired) electrons. The van der Waals surface area contributed by atoms with Crippen molar-refractivity contribution in [2.24, 2.45) is 0 Å². The smallest absolute Gasteiger partial charge is 0.262 e. The summed E-state index contributed by atoms with van der Waals surface area (Å²) in [6.45, 7) is 0.633. The Bertz CT molecular complexity index is 964. The molecule has 0 unspecified atom stereocenters. The van der Waals surface area contributed by atoms with E-state index in [4.69, 9.17) is 21.1 Å². The zero-order valence-electron chi connectivity index (χ0n) is 14.7. The van der Waals surface area contributed by atoms with Gasteiger partial charge in [-0.3, -0.25) is 4.79 Å². The van der Waals surface area contributed by atoms with Crippen LogP contribution in [0.5, 0.6) is 5.75 Å². The fraction of sp³-hybridized carbons (Fsp3) is 0.278. The van der Waals surface area contributed by atoms with Crippen LogP contribution in [-0.4, -0.2) is 51.5 Å². The highest BCUT2D eigenvalue weighted by Crippen LogP contribution is 2.28. The van der Waals surface area contributed by atoms with Gasteiger partial charge in [0.1, 0.15) is 4.90 Å². The number of halogens is 2. The van der Waals surface area contributed by atoms with Gasteiger partial charge >= 0.3 is 0 Å². The Kier molecular flexibility index (Phi) is 6.50. The van der Waals surface area contributed by atoms with Crippen molar-refractivity contribution in [3.63, 3.8) is 0 Å². The molecule has 0 bridgehead atoms. The van der Waals surface area contributed by atoms with Crippen molar-refractivity contribution >= 4 is 33.2 Å². The second-order valence-electron chi connectivity index (χ2n) is 5.93. The number of morpholine rings is 1. The van der Waals surface area contributed by atoms with Crippen molar-refractivity contribution in [3.05, 3.63) is 53.3 Å². The molecule has 2 aromatic carbocycles. The summed E-state index contributed by atoms with van der Waals surface area (Å²) in [6, 6.07) is 9.86. The lowest BCUT2D eigenvalue weighted by atomic mass is 10.3. The minimum absolute atomic E-state index is 0.0482. The van der Waals surface area contributed by atoms with E-state index in [1.807, 2.05) is 0 Å². The van der Waals surface area contributed by atoms with Crippen LogP contribution in [0.2, 0.25) is 5.02 Å². The number of anilines is 1. The fourth-order valence-electron chi connectivity index (χ4n) is 2.61. The van der Waals surface area contributed by atoms with Gasteiger partial charge in [-0.15, -0.1) is 0 Å². The molecule has 150 valence electrons. The third kappa shape index (κ3) is 4.79. The van der Waals surface area contributed by atoms with Gasteiger partial charge in [0.2, 0.25) is 10.0 Å². The predicted molar refractivity (Wildman–Crippen MR) is 102 cm³/mol. The molecule has 3 rings (SSSR count). The predicted octanol–water partition coefficient (Wildman–Crippen LogP) is 2.52. The molecule has 2 aromatic rings. The molecule has 1 amide bonds. The highest BCUT2D eigenvalue weighted by atomic mass is 35.5. The fourth-order valence-corrected chi connectivity index (χ4v) is 4.52. The first kappa shape index (κ1) is 20.5. The zero-order valence-corrected chi connectivity index (χ0v) is 16.3. The Morgan fingerprint density at radius 1 is 1.21 bits per heavy atom. The van der Waals surface area contributed by atoms with E-state index in [0.29, 0.717) is 13.2 Å². The highest BCUT2D eigenvalue weighted by Gasteiger charge is 2.28. The lowest BCUT2D eigenvalue weighted by Gasteiger charge is -2.26. The van der Waals surface area contributed by atoms with Gasteiger partial charge in [0.05, 0.1) is 18.2 Å². The van der Waals surface area contributed by atoms with Gasteiger partial charge in [0.15, 0.2) is 18.2 Å². The standard InChI is InChI=1S/C18H18ClFN2O5S/c19-14-6-5-13(11-17(14)28(24,25)22-7-9-26-10-8-22)21-18(23)12-27-16-4-2-1-3-15(16)20/h1-6,11H,7-10,12H2,(H,21,23). The van der Waals surface area contributed by atoms with Crippen LogP contribution in [0.1, 0.15) is 0 Å². The maximum Gasteiger partial charge on any atom is 0.262 e. The molecular weight excluding hydrogens is 411 g/mol. The zero-order chi connectivity index (χ0) is 20.1. The Morgan fingerprint density at radius 2 is 1.93 bits per heavy atom. The third-order valence-corrected chi connectivity index (χ3v) is 6.38. The van der Waals surface area contributed by atoms with Gasteiger partial charge in [-0.1, -0.05) is 23.7 Å². The maximum atomic E-state index is 13.5. The first-order chi connectivity index (χ1) is 13.4. The van der Waals surface area contributed by atoms with Crippen LogP contribution < -0.4 is 10.1 Å². The number of sulfonamides is 1. The van der Waals surface area contributed by atoms with Gasteiger partial charge in [-0.25, -0.2) is 12.8 Å². The number of benzene rings is 2. The van der Waals surface area contributed by atoms with E-state index in [1.54, 1.807) is 6.07 Å². The summed E-state index contributed by atoms with van der Waals surface area (Å²) in [5.41, 5.74) is 0.235.